The fourth-order valence-electron chi connectivity index (χ4n) is 1.44. The van der Waals surface area contributed by atoms with E-state index in [2.05, 4.69) is 5.32 Å². The van der Waals surface area contributed by atoms with Crippen molar-refractivity contribution in [2.75, 3.05) is 26.2 Å². The highest BCUT2D eigenvalue weighted by atomic mass is 32.1. The molecular formula is C9H12N2OS. The van der Waals surface area contributed by atoms with Crippen LogP contribution in [0.2, 0.25) is 0 Å². The number of thiophene rings is 1. The van der Waals surface area contributed by atoms with Gasteiger partial charge in [-0.25, -0.2) is 0 Å². The number of amides is 1. The molecule has 2 rings (SSSR count). The average Bonchev–Trinajstić information content (AvgIpc) is 2.71. The van der Waals surface area contributed by atoms with Crippen LogP contribution in [0.1, 0.15) is 10.4 Å². The SMILES string of the molecule is O=C(c1ccsc1)N1CCNCC1. The Balaban J connectivity index is 2.04. The molecule has 4 heteroatoms. The van der Waals surface area contributed by atoms with E-state index in [0.29, 0.717) is 0 Å². The van der Waals surface area contributed by atoms with Gasteiger partial charge in [-0.15, -0.1) is 0 Å². The van der Waals surface area contributed by atoms with Gasteiger partial charge in [0.25, 0.3) is 5.91 Å². The molecular weight excluding hydrogens is 184 g/mol. The summed E-state index contributed by atoms with van der Waals surface area (Å²) in [6, 6.07) is 1.88. The first-order valence-corrected chi connectivity index (χ1v) is 5.34. The Morgan fingerprint density at radius 2 is 2.23 bits per heavy atom. The number of rotatable bonds is 1. The summed E-state index contributed by atoms with van der Waals surface area (Å²) in [5.74, 6) is 0.169. The van der Waals surface area contributed by atoms with E-state index in [1.807, 2.05) is 21.7 Å². The van der Waals surface area contributed by atoms with E-state index in [0.717, 1.165) is 31.7 Å². The van der Waals surface area contributed by atoms with Crippen LogP contribution in [0.15, 0.2) is 16.8 Å². The molecule has 2 heterocycles. The summed E-state index contributed by atoms with van der Waals surface area (Å²) in [7, 11) is 0. The van der Waals surface area contributed by atoms with Crippen molar-refractivity contribution in [2.24, 2.45) is 0 Å². The second-order valence-corrected chi connectivity index (χ2v) is 3.83. The largest absolute Gasteiger partial charge is 0.336 e. The highest BCUT2D eigenvalue weighted by molar-refractivity contribution is 7.08. The number of carbonyl (C=O) groups is 1. The lowest BCUT2D eigenvalue weighted by Crippen LogP contribution is -2.46. The summed E-state index contributed by atoms with van der Waals surface area (Å²) in [4.78, 5) is 13.7. The standard InChI is InChI=1S/C9H12N2OS/c12-9(8-1-6-13-7-8)11-4-2-10-3-5-11/h1,6-7,10H,2-5H2. The molecule has 3 nitrogen and oxygen atoms in total. The molecule has 0 spiro atoms. The predicted octanol–water partition coefficient (Wildman–Crippen LogP) is 0.793. The highest BCUT2D eigenvalue weighted by Crippen LogP contribution is 2.09. The quantitative estimate of drug-likeness (QED) is 0.720. The summed E-state index contributed by atoms with van der Waals surface area (Å²) < 4.78 is 0. The Bertz CT molecular complexity index is 278. The maximum Gasteiger partial charge on any atom is 0.254 e. The van der Waals surface area contributed by atoms with Crippen LogP contribution in [0.4, 0.5) is 0 Å². The first-order chi connectivity index (χ1) is 6.38. The van der Waals surface area contributed by atoms with Gasteiger partial charge in [-0.3, -0.25) is 4.79 Å². The Kier molecular flexibility index (Phi) is 2.61. The molecule has 0 aliphatic carbocycles. The van der Waals surface area contributed by atoms with Gasteiger partial charge in [0.1, 0.15) is 0 Å². The molecule has 1 aliphatic heterocycles. The Labute approximate surface area is 81.4 Å². The van der Waals surface area contributed by atoms with Gasteiger partial charge in [0, 0.05) is 31.6 Å². The molecule has 1 aliphatic rings. The number of hydrogen-bond donors (Lipinski definition) is 1. The van der Waals surface area contributed by atoms with Crippen LogP contribution in [0.3, 0.4) is 0 Å². The summed E-state index contributed by atoms with van der Waals surface area (Å²) >= 11 is 1.57. The third-order valence-corrected chi connectivity index (χ3v) is 2.86. The number of nitrogens with zero attached hydrogens (tertiary/aromatic N) is 1. The zero-order valence-electron chi connectivity index (χ0n) is 7.32. The Morgan fingerprint density at radius 3 is 2.85 bits per heavy atom. The van der Waals surface area contributed by atoms with Crippen molar-refractivity contribution < 1.29 is 4.79 Å². The van der Waals surface area contributed by atoms with Crippen molar-refractivity contribution in [1.29, 1.82) is 0 Å². The zero-order valence-corrected chi connectivity index (χ0v) is 8.14. The average molecular weight is 196 g/mol. The van der Waals surface area contributed by atoms with Gasteiger partial charge in [-0.05, 0) is 11.4 Å². The number of nitrogens with one attached hydrogen (secondary N) is 1. The summed E-state index contributed by atoms with van der Waals surface area (Å²) in [5.41, 5.74) is 0.826. The maximum absolute atomic E-state index is 11.8. The van der Waals surface area contributed by atoms with Crippen LogP contribution in [0.5, 0.6) is 0 Å². The van der Waals surface area contributed by atoms with E-state index in [9.17, 15) is 4.79 Å². The molecule has 0 aromatic carbocycles. The molecule has 0 radical (unpaired) electrons. The number of piperazine rings is 1. The van der Waals surface area contributed by atoms with E-state index in [4.69, 9.17) is 0 Å². The van der Waals surface area contributed by atoms with E-state index >= 15 is 0 Å². The first kappa shape index (κ1) is 8.72. The van der Waals surface area contributed by atoms with Crippen molar-refractivity contribution in [3.8, 4) is 0 Å². The molecule has 1 aromatic rings. The van der Waals surface area contributed by atoms with Gasteiger partial charge in [0.05, 0.1) is 5.56 Å². The monoisotopic (exact) mass is 196 g/mol. The summed E-state index contributed by atoms with van der Waals surface area (Å²) in [5, 5.41) is 7.07. The summed E-state index contributed by atoms with van der Waals surface area (Å²) in [6.07, 6.45) is 0. The van der Waals surface area contributed by atoms with E-state index in [1.54, 1.807) is 11.3 Å². The van der Waals surface area contributed by atoms with Crippen molar-refractivity contribution in [3.63, 3.8) is 0 Å². The minimum absolute atomic E-state index is 0.169. The minimum Gasteiger partial charge on any atom is -0.336 e. The lowest BCUT2D eigenvalue weighted by Gasteiger charge is -2.27. The highest BCUT2D eigenvalue weighted by Gasteiger charge is 2.17. The van der Waals surface area contributed by atoms with Gasteiger partial charge in [-0.1, -0.05) is 0 Å². The zero-order chi connectivity index (χ0) is 9.10. The topological polar surface area (TPSA) is 32.3 Å². The van der Waals surface area contributed by atoms with Gasteiger partial charge >= 0.3 is 0 Å². The molecule has 0 unspecified atom stereocenters. The lowest BCUT2D eigenvalue weighted by atomic mass is 10.2. The molecule has 1 N–H and O–H groups in total. The van der Waals surface area contributed by atoms with Crippen LogP contribution in [-0.2, 0) is 0 Å². The second-order valence-electron chi connectivity index (χ2n) is 3.05. The smallest absolute Gasteiger partial charge is 0.254 e. The number of hydrogen-bond acceptors (Lipinski definition) is 3. The van der Waals surface area contributed by atoms with Crippen molar-refractivity contribution in [1.82, 2.24) is 10.2 Å². The lowest BCUT2D eigenvalue weighted by molar-refractivity contribution is 0.0736. The molecule has 0 atom stereocenters. The fourth-order valence-corrected chi connectivity index (χ4v) is 2.07. The van der Waals surface area contributed by atoms with Crippen LogP contribution in [-0.4, -0.2) is 37.0 Å². The normalized spacial score (nSPS) is 17.4. The predicted molar refractivity (Wildman–Crippen MR) is 53.1 cm³/mol. The molecule has 1 aromatic heterocycles. The van der Waals surface area contributed by atoms with E-state index in [-0.39, 0.29) is 5.91 Å². The first-order valence-electron chi connectivity index (χ1n) is 4.40. The van der Waals surface area contributed by atoms with Gasteiger partial charge in [0.2, 0.25) is 0 Å². The second kappa shape index (κ2) is 3.89. The third-order valence-electron chi connectivity index (χ3n) is 2.17. The molecule has 0 saturated carbocycles. The van der Waals surface area contributed by atoms with Crippen LogP contribution in [0, 0.1) is 0 Å². The molecule has 1 fully saturated rings. The molecule has 0 bridgehead atoms. The van der Waals surface area contributed by atoms with Crippen LogP contribution < -0.4 is 5.32 Å². The van der Waals surface area contributed by atoms with Gasteiger partial charge in [-0.2, -0.15) is 11.3 Å². The summed E-state index contributed by atoms with van der Waals surface area (Å²) in [6.45, 7) is 3.48. The van der Waals surface area contributed by atoms with Crippen LogP contribution in [0.25, 0.3) is 0 Å². The maximum atomic E-state index is 11.8. The molecule has 1 amide bonds. The minimum atomic E-state index is 0.169. The van der Waals surface area contributed by atoms with Gasteiger partial charge in [0.15, 0.2) is 0 Å². The molecule has 13 heavy (non-hydrogen) atoms. The van der Waals surface area contributed by atoms with E-state index in [1.165, 1.54) is 0 Å². The van der Waals surface area contributed by atoms with Crippen molar-refractivity contribution in [3.05, 3.63) is 22.4 Å². The van der Waals surface area contributed by atoms with Gasteiger partial charge < -0.3 is 10.2 Å². The van der Waals surface area contributed by atoms with E-state index < -0.39 is 0 Å². The van der Waals surface area contributed by atoms with Crippen LogP contribution >= 0.6 is 11.3 Å². The molecule has 1 saturated heterocycles. The van der Waals surface area contributed by atoms with Crippen molar-refractivity contribution >= 4 is 17.2 Å². The van der Waals surface area contributed by atoms with Crippen molar-refractivity contribution in [2.45, 2.75) is 0 Å². The third kappa shape index (κ3) is 1.89. The number of carbonyl (C=O) groups excluding carboxylic acids is 1. The Hall–Kier alpha value is -0.870. The fraction of sp³-hybridized carbons (Fsp3) is 0.444. The molecule has 70 valence electrons. The Morgan fingerprint density at radius 1 is 1.46 bits per heavy atom.